The highest BCUT2D eigenvalue weighted by Crippen LogP contribution is 2.48. The summed E-state index contributed by atoms with van der Waals surface area (Å²) in [4.78, 5) is 0. The standard InChI is InChI=1S/C24H22O7/c1-27-15-9-12-20(24-17(29-3)8-5-13(25)21(15)24)31-19-11-10-18(30-4)23-16(28-2)7-6-14(26)22(19)23/h5-12,25-26H,1-4H3. The molecule has 0 atom stereocenters. The minimum atomic E-state index is 0.0114. The van der Waals surface area contributed by atoms with Crippen LogP contribution in [-0.2, 0) is 0 Å². The molecule has 0 spiro atoms. The molecule has 0 fully saturated rings. The van der Waals surface area contributed by atoms with Crippen LogP contribution in [-0.4, -0.2) is 38.7 Å². The predicted octanol–water partition coefficient (Wildman–Crippen LogP) is 5.23. The van der Waals surface area contributed by atoms with Crippen molar-refractivity contribution < 1.29 is 33.9 Å². The molecule has 0 aliphatic rings. The average molecular weight is 422 g/mol. The first-order valence-corrected chi connectivity index (χ1v) is 9.45. The van der Waals surface area contributed by atoms with Crippen molar-refractivity contribution in [3.63, 3.8) is 0 Å². The first-order chi connectivity index (χ1) is 15.0. The van der Waals surface area contributed by atoms with Crippen molar-refractivity contribution in [3.8, 4) is 46.0 Å². The van der Waals surface area contributed by atoms with Crippen molar-refractivity contribution in [1.82, 2.24) is 0 Å². The maximum atomic E-state index is 10.6. The maximum absolute atomic E-state index is 10.6. The van der Waals surface area contributed by atoms with E-state index >= 15 is 0 Å². The number of methoxy groups -OCH3 is 4. The van der Waals surface area contributed by atoms with Crippen molar-refractivity contribution in [3.05, 3.63) is 48.5 Å². The van der Waals surface area contributed by atoms with Crippen LogP contribution in [0.5, 0.6) is 46.0 Å². The fourth-order valence-corrected chi connectivity index (χ4v) is 3.74. The topological polar surface area (TPSA) is 86.6 Å². The SMILES string of the molecule is COc1ccc(Oc2ccc(OC)c3c(OC)ccc(O)c23)c2c(OC)ccc(O)c12. The minimum absolute atomic E-state index is 0.0114. The average Bonchev–Trinajstić information content (AvgIpc) is 2.80. The lowest BCUT2D eigenvalue weighted by atomic mass is 10.0. The van der Waals surface area contributed by atoms with E-state index in [-0.39, 0.29) is 11.5 Å². The molecule has 2 N–H and O–H groups in total. The summed E-state index contributed by atoms with van der Waals surface area (Å²) in [6.07, 6.45) is 0. The van der Waals surface area contributed by atoms with E-state index in [1.807, 2.05) is 0 Å². The monoisotopic (exact) mass is 422 g/mol. The quantitative estimate of drug-likeness (QED) is 0.440. The van der Waals surface area contributed by atoms with E-state index in [1.165, 1.54) is 26.4 Å². The zero-order chi connectivity index (χ0) is 22.1. The minimum Gasteiger partial charge on any atom is -0.507 e. The fourth-order valence-electron chi connectivity index (χ4n) is 3.74. The third-order valence-electron chi connectivity index (χ3n) is 5.15. The zero-order valence-electron chi connectivity index (χ0n) is 17.6. The van der Waals surface area contributed by atoms with E-state index < -0.39 is 0 Å². The summed E-state index contributed by atoms with van der Waals surface area (Å²) in [5.74, 6) is 2.87. The smallest absolute Gasteiger partial charge is 0.139 e. The molecule has 0 heterocycles. The number of hydrogen-bond acceptors (Lipinski definition) is 7. The Hall–Kier alpha value is -4.00. The number of hydrogen-bond donors (Lipinski definition) is 2. The highest BCUT2D eigenvalue weighted by molar-refractivity contribution is 6.04. The first kappa shape index (κ1) is 20.3. The van der Waals surface area contributed by atoms with Crippen LogP contribution < -0.4 is 23.7 Å². The molecule has 7 nitrogen and oxygen atoms in total. The predicted molar refractivity (Wildman–Crippen MR) is 118 cm³/mol. The van der Waals surface area contributed by atoms with E-state index in [0.29, 0.717) is 56.0 Å². The Morgan fingerprint density at radius 2 is 0.710 bits per heavy atom. The van der Waals surface area contributed by atoms with Gasteiger partial charge in [0.25, 0.3) is 0 Å². The molecule has 4 aromatic rings. The van der Waals surface area contributed by atoms with Crippen molar-refractivity contribution in [2.24, 2.45) is 0 Å². The van der Waals surface area contributed by atoms with Gasteiger partial charge in [0.1, 0.15) is 46.0 Å². The summed E-state index contributed by atoms with van der Waals surface area (Å²) in [7, 11) is 6.15. The Morgan fingerprint density at radius 3 is 1.16 bits per heavy atom. The largest absolute Gasteiger partial charge is 0.507 e. The number of phenols is 2. The molecule has 0 aromatic heterocycles. The van der Waals surface area contributed by atoms with Gasteiger partial charge in [-0.05, 0) is 48.5 Å². The molecule has 0 unspecified atom stereocenters. The molecular weight excluding hydrogens is 400 g/mol. The lowest BCUT2D eigenvalue weighted by Gasteiger charge is -2.18. The number of fused-ring (bicyclic) bond motifs is 2. The molecule has 0 saturated carbocycles. The van der Waals surface area contributed by atoms with Crippen molar-refractivity contribution >= 4 is 21.5 Å². The van der Waals surface area contributed by atoms with Gasteiger partial charge < -0.3 is 33.9 Å². The number of ether oxygens (including phenoxy) is 5. The van der Waals surface area contributed by atoms with E-state index in [0.717, 1.165) is 0 Å². The summed E-state index contributed by atoms with van der Waals surface area (Å²) in [6, 6.07) is 13.2. The Balaban J connectivity index is 2.00. The second kappa shape index (κ2) is 8.02. The molecular formula is C24H22O7. The third-order valence-corrected chi connectivity index (χ3v) is 5.15. The van der Waals surface area contributed by atoms with Gasteiger partial charge in [-0.15, -0.1) is 0 Å². The Kier molecular flexibility index (Phi) is 5.25. The number of aromatic hydroxyl groups is 2. The van der Waals surface area contributed by atoms with Gasteiger partial charge in [-0.3, -0.25) is 0 Å². The van der Waals surface area contributed by atoms with Gasteiger partial charge in [-0.25, -0.2) is 0 Å². The second-order valence-corrected chi connectivity index (χ2v) is 6.71. The van der Waals surface area contributed by atoms with Crippen molar-refractivity contribution in [2.75, 3.05) is 28.4 Å². The van der Waals surface area contributed by atoms with Gasteiger partial charge >= 0.3 is 0 Å². The molecule has 7 heteroatoms. The second-order valence-electron chi connectivity index (χ2n) is 6.71. The summed E-state index contributed by atoms with van der Waals surface area (Å²) >= 11 is 0. The summed E-state index contributed by atoms with van der Waals surface area (Å²) in [5.41, 5.74) is 0. The normalized spacial score (nSPS) is 10.8. The van der Waals surface area contributed by atoms with Gasteiger partial charge in [0.2, 0.25) is 0 Å². The molecule has 4 rings (SSSR count). The molecule has 0 aliphatic carbocycles. The highest BCUT2D eigenvalue weighted by atomic mass is 16.5. The van der Waals surface area contributed by atoms with Crippen LogP contribution in [0.15, 0.2) is 48.5 Å². The van der Waals surface area contributed by atoms with Crippen LogP contribution >= 0.6 is 0 Å². The van der Waals surface area contributed by atoms with Crippen LogP contribution in [0.1, 0.15) is 0 Å². The van der Waals surface area contributed by atoms with Gasteiger partial charge in [-0.2, -0.15) is 0 Å². The summed E-state index contributed by atoms with van der Waals surface area (Å²) < 4.78 is 28.1. The van der Waals surface area contributed by atoms with Crippen LogP contribution in [0, 0.1) is 0 Å². The molecule has 0 bridgehead atoms. The fraction of sp³-hybridized carbons (Fsp3) is 0.167. The Morgan fingerprint density at radius 1 is 0.419 bits per heavy atom. The van der Waals surface area contributed by atoms with Crippen LogP contribution in [0.25, 0.3) is 21.5 Å². The number of rotatable bonds is 6. The lowest BCUT2D eigenvalue weighted by Crippen LogP contribution is -1.95. The number of phenolic OH excluding ortho intramolecular Hbond substituents is 2. The first-order valence-electron chi connectivity index (χ1n) is 9.45. The summed E-state index contributed by atoms with van der Waals surface area (Å²) in [5, 5.41) is 23.1. The van der Waals surface area contributed by atoms with Gasteiger partial charge in [0, 0.05) is 0 Å². The van der Waals surface area contributed by atoms with Crippen LogP contribution in [0.4, 0.5) is 0 Å². The Labute approximate surface area is 178 Å². The van der Waals surface area contributed by atoms with Crippen molar-refractivity contribution in [1.29, 1.82) is 0 Å². The van der Waals surface area contributed by atoms with Gasteiger partial charge in [0.05, 0.1) is 50.0 Å². The highest BCUT2D eigenvalue weighted by Gasteiger charge is 2.20. The molecule has 31 heavy (non-hydrogen) atoms. The molecule has 0 amide bonds. The lowest BCUT2D eigenvalue weighted by molar-refractivity contribution is 0.401. The van der Waals surface area contributed by atoms with Crippen LogP contribution in [0.2, 0.25) is 0 Å². The van der Waals surface area contributed by atoms with Crippen LogP contribution in [0.3, 0.4) is 0 Å². The van der Waals surface area contributed by atoms with E-state index in [1.54, 1.807) is 50.6 Å². The molecule has 0 aliphatic heterocycles. The van der Waals surface area contributed by atoms with E-state index in [2.05, 4.69) is 0 Å². The zero-order valence-corrected chi connectivity index (χ0v) is 17.6. The molecule has 4 aromatic carbocycles. The Bertz CT molecular complexity index is 1270. The maximum Gasteiger partial charge on any atom is 0.139 e. The molecule has 0 radical (unpaired) electrons. The number of benzene rings is 4. The molecule has 0 saturated heterocycles. The van der Waals surface area contributed by atoms with E-state index in [9.17, 15) is 10.2 Å². The van der Waals surface area contributed by atoms with Crippen molar-refractivity contribution in [2.45, 2.75) is 0 Å². The van der Waals surface area contributed by atoms with Gasteiger partial charge in [0.15, 0.2) is 0 Å². The molecule has 160 valence electrons. The van der Waals surface area contributed by atoms with E-state index in [4.69, 9.17) is 23.7 Å². The summed E-state index contributed by atoms with van der Waals surface area (Å²) in [6.45, 7) is 0. The third kappa shape index (κ3) is 3.24. The van der Waals surface area contributed by atoms with Gasteiger partial charge in [-0.1, -0.05) is 0 Å².